The van der Waals surface area contributed by atoms with Gasteiger partial charge in [-0.25, -0.2) is 10.4 Å². The first kappa shape index (κ1) is 16.7. The molecular formula is C18H15N3O3S. The van der Waals surface area contributed by atoms with Gasteiger partial charge in [-0.15, -0.1) is 11.3 Å². The number of carbonyl (C=O) groups is 1. The Morgan fingerprint density at radius 2 is 2.00 bits per heavy atom. The Bertz CT molecular complexity index is 907. The van der Waals surface area contributed by atoms with Gasteiger partial charge in [0.25, 0.3) is 0 Å². The summed E-state index contributed by atoms with van der Waals surface area (Å²) in [5, 5.41) is 25.3. The zero-order chi connectivity index (χ0) is 17.6. The third-order valence-electron chi connectivity index (χ3n) is 3.34. The van der Waals surface area contributed by atoms with Gasteiger partial charge in [-0.1, -0.05) is 30.3 Å². The third kappa shape index (κ3) is 4.42. The molecule has 25 heavy (non-hydrogen) atoms. The lowest BCUT2D eigenvalue weighted by atomic mass is 10.2. The highest BCUT2D eigenvalue weighted by atomic mass is 32.1. The van der Waals surface area contributed by atoms with Crippen molar-refractivity contribution in [1.82, 2.24) is 10.4 Å². The monoisotopic (exact) mass is 353 g/mol. The lowest BCUT2D eigenvalue weighted by molar-refractivity contribution is -0.120. The molecular weight excluding hydrogens is 338 g/mol. The number of nitrogens with one attached hydrogen (secondary N) is 1. The second-order valence-electron chi connectivity index (χ2n) is 5.21. The minimum Gasteiger partial charge on any atom is -0.508 e. The van der Waals surface area contributed by atoms with Gasteiger partial charge in [0, 0.05) is 22.6 Å². The van der Waals surface area contributed by atoms with Crippen molar-refractivity contribution in [3.8, 4) is 22.8 Å². The van der Waals surface area contributed by atoms with Gasteiger partial charge in [-0.05, 0) is 12.1 Å². The summed E-state index contributed by atoms with van der Waals surface area (Å²) in [4.78, 5) is 16.4. The maximum atomic E-state index is 11.9. The van der Waals surface area contributed by atoms with E-state index < -0.39 is 0 Å². The molecule has 6 nitrogen and oxygen atoms in total. The van der Waals surface area contributed by atoms with E-state index >= 15 is 0 Å². The molecule has 1 aromatic heterocycles. The van der Waals surface area contributed by atoms with Gasteiger partial charge in [0.15, 0.2) is 0 Å². The first-order chi connectivity index (χ1) is 12.1. The molecule has 0 fully saturated rings. The quantitative estimate of drug-likeness (QED) is 0.485. The molecule has 0 aliphatic heterocycles. The maximum Gasteiger partial charge on any atom is 0.246 e. The highest BCUT2D eigenvalue weighted by molar-refractivity contribution is 7.10. The number of nitrogens with zero attached hydrogens (tertiary/aromatic N) is 2. The number of amides is 1. The van der Waals surface area contributed by atoms with Crippen LogP contribution < -0.4 is 5.43 Å². The Morgan fingerprint density at radius 3 is 2.76 bits per heavy atom. The lowest BCUT2D eigenvalue weighted by Gasteiger charge is -2.00. The van der Waals surface area contributed by atoms with E-state index in [-0.39, 0.29) is 23.8 Å². The Hall–Kier alpha value is -3.19. The number of benzene rings is 2. The maximum absolute atomic E-state index is 11.9. The summed E-state index contributed by atoms with van der Waals surface area (Å²) in [6.07, 6.45) is 1.43. The summed E-state index contributed by atoms with van der Waals surface area (Å²) >= 11 is 1.42. The van der Waals surface area contributed by atoms with E-state index in [0.29, 0.717) is 10.6 Å². The largest absolute Gasteiger partial charge is 0.508 e. The van der Waals surface area contributed by atoms with Crippen molar-refractivity contribution in [2.75, 3.05) is 0 Å². The standard InChI is InChI=1S/C18H15N3O3S/c22-14-7-6-13(16(23)8-14)10-19-21-17(24)9-18-20-15(11-25-18)12-4-2-1-3-5-12/h1-8,10-11,22-23H,9H2,(H,21,24)/b19-10+. The smallest absolute Gasteiger partial charge is 0.246 e. The zero-order valence-electron chi connectivity index (χ0n) is 13.1. The molecule has 2 aromatic carbocycles. The van der Waals surface area contributed by atoms with Gasteiger partial charge in [0.05, 0.1) is 18.3 Å². The van der Waals surface area contributed by atoms with Crippen molar-refractivity contribution in [3.63, 3.8) is 0 Å². The molecule has 126 valence electrons. The van der Waals surface area contributed by atoms with Crippen molar-refractivity contribution < 1.29 is 15.0 Å². The predicted molar refractivity (Wildman–Crippen MR) is 96.8 cm³/mol. The number of carbonyl (C=O) groups excluding carboxylic acids is 1. The molecule has 0 aliphatic rings. The molecule has 0 radical (unpaired) electrons. The molecule has 3 N–H and O–H groups in total. The second-order valence-corrected chi connectivity index (χ2v) is 6.15. The minimum atomic E-state index is -0.302. The first-order valence-electron chi connectivity index (χ1n) is 7.45. The van der Waals surface area contributed by atoms with Gasteiger partial charge < -0.3 is 10.2 Å². The van der Waals surface area contributed by atoms with Crippen molar-refractivity contribution >= 4 is 23.5 Å². The molecule has 0 aliphatic carbocycles. The molecule has 3 aromatic rings. The number of hydrogen-bond donors (Lipinski definition) is 3. The Morgan fingerprint density at radius 1 is 1.20 bits per heavy atom. The van der Waals surface area contributed by atoms with Crippen LogP contribution in [0.4, 0.5) is 0 Å². The number of aromatic nitrogens is 1. The van der Waals surface area contributed by atoms with Crippen LogP contribution in [0.25, 0.3) is 11.3 Å². The molecule has 0 bridgehead atoms. The Kier molecular flexibility index (Phi) is 5.06. The fourth-order valence-electron chi connectivity index (χ4n) is 2.13. The minimum absolute atomic E-state index is 0.0447. The average Bonchev–Trinajstić information content (AvgIpc) is 3.06. The van der Waals surface area contributed by atoms with Crippen molar-refractivity contribution in [3.05, 3.63) is 64.5 Å². The van der Waals surface area contributed by atoms with E-state index in [1.54, 1.807) is 0 Å². The molecule has 0 saturated carbocycles. The van der Waals surface area contributed by atoms with Crippen molar-refractivity contribution in [2.24, 2.45) is 5.10 Å². The molecule has 0 spiro atoms. The fraction of sp³-hybridized carbons (Fsp3) is 0.0556. The van der Waals surface area contributed by atoms with E-state index in [2.05, 4.69) is 15.5 Å². The van der Waals surface area contributed by atoms with Crippen molar-refractivity contribution in [1.29, 1.82) is 0 Å². The number of aromatic hydroxyl groups is 2. The van der Waals surface area contributed by atoms with Crippen LogP contribution in [0.2, 0.25) is 0 Å². The summed E-state index contributed by atoms with van der Waals surface area (Å²) in [6, 6.07) is 13.9. The Labute approximate surface area is 148 Å². The van der Waals surface area contributed by atoms with E-state index in [4.69, 9.17) is 0 Å². The third-order valence-corrected chi connectivity index (χ3v) is 4.19. The van der Waals surface area contributed by atoms with Crippen LogP contribution in [0.1, 0.15) is 10.6 Å². The van der Waals surface area contributed by atoms with Crippen LogP contribution in [0, 0.1) is 0 Å². The number of thiazole rings is 1. The average molecular weight is 353 g/mol. The summed E-state index contributed by atoms with van der Waals surface area (Å²) < 4.78 is 0. The van der Waals surface area contributed by atoms with Gasteiger partial charge >= 0.3 is 0 Å². The van der Waals surface area contributed by atoms with Gasteiger partial charge in [-0.2, -0.15) is 5.10 Å². The highest BCUT2D eigenvalue weighted by Gasteiger charge is 2.08. The second kappa shape index (κ2) is 7.59. The number of hydrazone groups is 1. The van der Waals surface area contributed by atoms with E-state index in [1.807, 2.05) is 35.7 Å². The molecule has 0 saturated heterocycles. The van der Waals surface area contributed by atoms with E-state index in [9.17, 15) is 15.0 Å². The SMILES string of the molecule is O=C(Cc1nc(-c2ccccc2)cs1)N/N=C/c1ccc(O)cc1O. The van der Waals surface area contributed by atoms with Crippen LogP contribution in [0.5, 0.6) is 11.5 Å². The molecule has 3 rings (SSSR count). The number of hydrogen-bond acceptors (Lipinski definition) is 6. The topological polar surface area (TPSA) is 94.8 Å². The van der Waals surface area contributed by atoms with Crippen LogP contribution in [0.3, 0.4) is 0 Å². The molecule has 7 heteroatoms. The first-order valence-corrected chi connectivity index (χ1v) is 8.33. The van der Waals surface area contributed by atoms with Gasteiger partial charge in [0.1, 0.15) is 16.5 Å². The summed E-state index contributed by atoms with van der Waals surface area (Å²) in [5.74, 6) is -0.467. The van der Waals surface area contributed by atoms with Crippen LogP contribution in [-0.4, -0.2) is 27.3 Å². The zero-order valence-corrected chi connectivity index (χ0v) is 13.9. The summed E-state index contributed by atoms with van der Waals surface area (Å²) in [6.45, 7) is 0. The number of rotatable bonds is 5. The fourth-order valence-corrected chi connectivity index (χ4v) is 2.93. The molecule has 1 amide bonds. The molecule has 0 atom stereocenters. The van der Waals surface area contributed by atoms with Crippen molar-refractivity contribution in [2.45, 2.75) is 6.42 Å². The van der Waals surface area contributed by atoms with E-state index in [1.165, 1.54) is 35.8 Å². The normalized spacial score (nSPS) is 10.9. The summed E-state index contributed by atoms with van der Waals surface area (Å²) in [5.41, 5.74) is 4.63. The van der Waals surface area contributed by atoms with Crippen LogP contribution in [-0.2, 0) is 11.2 Å². The van der Waals surface area contributed by atoms with Crippen LogP contribution >= 0.6 is 11.3 Å². The molecule has 0 unspecified atom stereocenters. The Balaban J connectivity index is 1.58. The lowest BCUT2D eigenvalue weighted by Crippen LogP contribution is -2.19. The van der Waals surface area contributed by atoms with E-state index in [0.717, 1.165) is 11.3 Å². The van der Waals surface area contributed by atoms with Gasteiger partial charge in [0.2, 0.25) is 5.91 Å². The number of phenols is 2. The predicted octanol–water partition coefficient (Wildman–Crippen LogP) is 2.91. The highest BCUT2D eigenvalue weighted by Crippen LogP contribution is 2.22. The molecule has 1 heterocycles. The summed E-state index contributed by atoms with van der Waals surface area (Å²) in [7, 11) is 0. The van der Waals surface area contributed by atoms with Gasteiger partial charge in [-0.3, -0.25) is 4.79 Å². The van der Waals surface area contributed by atoms with Crippen LogP contribution in [0.15, 0.2) is 59.0 Å². The number of phenolic OH excluding ortho intramolecular Hbond substituents is 2.